The summed E-state index contributed by atoms with van der Waals surface area (Å²) in [5.41, 5.74) is 2.68. The number of hydrogen-bond acceptors (Lipinski definition) is 6. The molecule has 2 amide bonds. The number of aromatic nitrogens is 4. The number of methoxy groups -OCH3 is 1. The van der Waals surface area contributed by atoms with Gasteiger partial charge >= 0.3 is 6.03 Å². The van der Waals surface area contributed by atoms with Crippen LogP contribution in [0.2, 0.25) is 0 Å². The molecule has 3 aromatic heterocycles. The second-order valence-corrected chi connectivity index (χ2v) is 6.48. The van der Waals surface area contributed by atoms with Crippen molar-refractivity contribution in [3.05, 3.63) is 42.5 Å². The standard InChI is InChI=1S/C18H21N7O2/c1-11-5-13(3-4-20-11)25-15-9-21-17(6-12(15)7-22-25)24-18(26)23-14-8-19-10-16(14)27-2/h3-7,9,14,16,19H,8,10H2,1-2H3,(H2,21,23,24,26)/t14-,16-/m1/s1. The summed E-state index contributed by atoms with van der Waals surface area (Å²) < 4.78 is 7.15. The molecule has 4 rings (SSSR count). The maximum Gasteiger partial charge on any atom is 0.320 e. The second-order valence-electron chi connectivity index (χ2n) is 6.48. The average Bonchev–Trinajstić information content (AvgIpc) is 3.27. The van der Waals surface area contributed by atoms with E-state index in [0.29, 0.717) is 12.4 Å². The van der Waals surface area contributed by atoms with Crippen LogP contribution in [-0.4, -0.2) is 58.1 Å². The van der Waals surface area contributed by atoms with Gasteiger partial charge in [0.2, 0.25) is 0 Å². The SMILES string of the molecule is CO[C@@H]1CNC[C@H]1NC(=O)Nc1cc2cnn(-c3ccnc(C)c3)c2cn1. The summed E-state index contributed by atoms with van der Waals surface area (Å²) >= 11 is 0. The van der Waals surface area contributed by atoms with Gasteiger partial charge in [0, 0.05) is 37.5 Å². The quantitative estimate of drug-likeness (QED) is 0.640. The number of pyridine rings is 2. The molecule has 0 saturated carbocycles. The second kappa shape index (κ2) is 7.29. The minimum atomic E-state index is -0.310. The fourth-order valence-corrected chi connectivity index (χ4v) is 3.23. The van der Waals surface area contributed by atoms with Crippen molar-refractivity contribution in [3.63, 3.8) is 0 Å². The molecule has 0 radical (unpaired) electrons. The molecule has 0 unspecified atom stereocenters. The Morgan fingerprint density at radius 2 is 2.19 bits per heavy atom. The maximum absolute atomic E-state index is 12.3. The van der Waals surface area contributed by atoms with E-state index in [1.165, 1.54) is 0 Å². The van der Waals surface area contributed by atoms with Gasteiger partial charge in [-0.05, 0) is 25.1 Å². The zero-order chi connectivity index (χ0) is 18.8. The molecule has 140 valence electrons. The number of fused-ring (bicyclic) bond motifs is 1. The number of urea groups is 1. The Morgan fingerprint density at radius 1 is 1.30 bits per heavy atom. The first-order valence-corrected chi connectivity index (χ1v) is 8.72. The van der Waals surface area contributed by atoms with Gasteiger partial charge in [-0.1, -0.05) is 0 Å². The monoisotopic (exact) mass is 367 g/mol. The van der Waals surface area contributed by atoms with E-state index in [2.05, 4.69) is 31.0 Å². The molecule has 0 spiro atoms. The van der Waals surface area contributed by atoms with Gasteiger partial charge in [0.1, 0.15) is 5.82 Å². The Hall–Kier alpha value is -3.04. The summed E-state index contributed by atoms with van der Waals surface area (Å²) in [6, 6.07) is 5.26. The Kier molecular flexibility index (Phi) is 4.69. The van der Waals surface area contributed by atoms with Crippen LogP contribution >= 0.6 is 0 Å². The fourth-order valence-electron chi connectivity index (χ4n) is 3.23. The number of ether oxygens (including phenoxy) is 1. The van der Waals surface area contributed by atoms with E-state index in [4.69, 9.17) is 4.74 Å². The van der Waals surface area contributed by atoms with Crippen LogP contribution in [0.3, 0.4) is 0 Å². The van der Waals surface area contributed by atoms with E-state index in [-0.39, 0.29) is 18.2 Å². The third kappa shape index (κ3) is 3.60. The molecule has 1 saturated heterocycles. The molecule has 3 N–H and O–H groups in total. The third-order valence-electron chi connectivity index (χ3n) is 4.60. The van der Waals surface area contributed by atoms with Crippen LogP contribution in [0.4, 0.5) is 10.6 Å². The van der Waals surface area contributed by atoms with Crippen LogP contribution in [0.1, 0.15) is 5.69 Å². The first kappa shape index (κ1) is 17.4. The van der Waals surface area contributed by atoms with Gasteiger partial charge in [-0.15, -0.1) is 0 Å². The van der Waals surface area contributed by atoms with E-state index in [1.54, 1.807) is 36.4 Å². The molecule has 2 atom stereocenters. The van der Waals surface area contributed by atoms with Crippen molar-refractivity contribution >= 4 is 22.8 Å². The van der Waals surface area contributed by atoms with E-state index in [1.807, 2.05) is 19.1 Å². The van der Waals surface area contributed by atoms with Gasteiger partial charge in [0.05, 0.1) is 35.7 Å². The number of nitrogens with zero attached hydrogens (tertiary/aromatic N) is 4. The van der Waals surface area contributed by atoms with Gasteiger partial charge in [-0.2, -0.15) is 5.10 Å². The molecule has 4 heterocycles. The lowest BCUT2D eigenvalue weighted by molar-refractivity contribution is 0.0991. The topological polar surface area (TPSA) is 106 Å². The lowest BCUT2D eigenvalue weighted by Crippen LogP contribution is -2.45. The molecule has 1 aliphatic heterocycles. The normalized spacial score (nSPS) is 19.3. The minimum Gasteiger partial charge on any atom is -0.378 e. The summed E-state index contributed by atoms with van der Waals surface area (Å²) in [6.07, 6.45) is 5.16. The lowest BCUT2D eigenvalue weighted by atomic mass is 10.2. The van der Waals surface area contributed by atoms with Crippen molar-refractivity contribution in [2.75, 3.05) is 25.5 Å². The summed E-state index contributed by atoms with van der Waals surface area (Å²) in [5, 5.41) is 14.2. The van der Waals surface area contributed by atoms with Crippen molar-refractivity contribution in [2.45, 2.75) is 19.1 Å². The van der Waals surface area contributed by atoms with Crippen molar-refractivity contribution in [1.29, 1.82) is 0 Å². The first-order chi connectivity index (χ1) is 13.1. The molecule has 3 aromatic rings. The third-order valence-corrected chi connectivity index (χ3v) is 4.60. The number of rotatable bonds is 4. The number of carbonyl (C=O) groups is 1. The van der Waals surface area contributed by atoms with E-state index < -0.39 is 0 Å². The summed E-state index contributed by atoms with van der Waals surface area (Å²) in [5.74, 6) is 0.463. The number of anilines is 1. The van der Waals surface area contributed by atoms with Crippen LogP contribution in [0.5, 0.6) is 0 Å². The highest BCUT2D eigenvalue weighted by atomic mass is 16.5. The Bertz CT molecular complexity index is 971. The molecule has 1 fully saturated rings. The molecule has 27 heavy (non-hydrogen) atoms. The van der Waals surface area contributed by atoms with Gasteiger partial charge in [-0.25, -0.2) is 14.5 Å². The van der Waals surface area contributed by atoms with Crippen LogP contribution in [0.25, 0.3) is 16.6 Å². The van der Waals surface area contributed by atoms with Crippen molar-refractivity contribution in [2.24, 2.45) is 0 Å². The van der Waals surface area contributed by atoms with Crippen molar-refractivity contribution in [1.82, 2.24) is 30.4 Å². The number of nitrogens with one attached hydrogen (secondary N) is 3. The van der Waals surface area contributed by atoms with Crippen LogP contribution in [-0.2, 0) is 4.74 Å². The smallest absolute Gasteiger partial charge is 0.320 e. The minimum absolute atomic E-state index is 0.0340. The molecule has 0 aliphatic carbocycles. The van der Waals surface area contributed by atoms with Gasteiger partial charge in [0.25, 0.3) is 0 Å². The van der Waals surface area contributed by atoms with Gasteiger partial charge < -0.3 is 15.4 Å². The summed E-state index contributed by atoms with van der Waals surface area (Å²) in [7, 11) is 1.64. The van der Waals surface area contributed by atoms with E-state index in [9.17, 15) is 4.79 Å². The highest BCUT2D eigenvalue weighted by Gasteiger charge is 2.28. The fraction of sp³-hybridized carbons (Fsp3) is 0.333. The van der Waals surface area contributed by atoms with Crippen molar-refractivity contribution in [3.8, 4) is 5.69 Å². The number of hydrogen-bond donors (Lipinski definition) is 3. The largest absolute Gasteiger partial charge is 0.378 e. The molecule has 0 aromatic carbocycles. The maximum atomic E-state index is 12.3. The van der Waals surface area contributed by atoms with Crippen LogP contribution < -0.4 is 16.0 Å². The molecular formula is C18H21N7O2. The predicted octanol–water partition coefficient (Wildman–Crippen LogP) is 1.23. The predicted molar refractivity (Wildman–Crippen MR) is 101 cm³/mol. The zero-order valence-corrected chi connectivity index (χ0v) is 15.1. The summed E-state index contributed by atoms with van der Waals surface area (Å²) in [4.78, 5) is 20.8. The lowest BCUT2D eigenvalue weighted by Gasteiger charge is -2.18. The summed E-state index contributed by atoms with van der Waals surface area (Å²) in [6.45, 7) is 3.33. The molecule has 1 aliphatic rings. The average molecular weight is 367 g/mol. The molecule has 9 nitrogen and oxygen atoms in total. The number of aryl methyl sites for hydroxylation is 1. The number of amides is 2. The highest BCUT2D eigenvalue weighted by molar-refractivity contribution is 5.91. The Balaban J connectivity index is 1.50. The van der Waals surface area contributed by atoms with Crippen LogP contribution in [0.15, 0.2) is 36.8 Å². The first-order valence-electron chi connectivity index (χ1n) is 8.72. The van der Waals surface area contributed by atoms with Gasteiger partial charge in [0.15, 0.2) is 0 Å². The Morgan fingerprint density at radius 3 is 3.00 bits per heavy atom. The van der Waals surface area contributed by atoms with E-state index >= 15 is 0 Å². The van der Waals surface area contributed by atoms with Gasteiger partial charge in [-0.3, -0.25) is 10.3 Å². The Labute approximate surface area is 156 Å². The van der Waals surface area contributed by atoms with E-state index in [0.717, 1.165) is 28.8 Å². The molecule has 9 heteroatoms. The molecule has 0 bridgehead atoms. The highest BCUT2D eigenvalue weighted by Crippen LogP contribution is 2.20. The zero-order valence-electron chi connectivity index (χ0n) is 15.1. The van der Waals surface area contributed by atoms with Crippen LogP contribution in [0, 0.1) is 6.92 Å². The van der Waals surface area contributed by atoms with Crippen molar-refractivity contribution < 1.29 is 9.53 Å². The molecular weight excluding hydrogens is 346 g/mol. The number of carbonyl (C=O) groups excluding carboxylic acids is 1.